The maximum absolute atomic E-state index is 8.98. The Morgan fingerprint density at radius 3 is 3.17 bits per heavy atom. The number of ether oxygens (including phenoxy) is 1. The number of halogens is 1. The van der Waals surface area contributed by atoms with E-state index in [4.69, 9.17) is 9.84 Å². The SMILES string of the molecule is CC(CCO)NC1CCCOc2cc(Br)ccc21. The van der Waals surface area contributed by atoms with Crippen molar-refractivity contribution in [3.63, 3.8) is 0 Å². The largest absolute Gasteiger partial charge is 0.493 e. The Hall–Kier alpha value is -0.580. The number of hydrogen-bond acceptors (Lipinski definition) is 3. The highest BCUT2D eigenvalue weighted by Gasteiger charge is 2.21. The third-order valence-electron chi connectivity index (χ3n) is 3.29. The van der Waals surface area contributed by atoms with E-state index in [-0.39, 0.29) is 6.61 Å². The van der Waals surface area contributed by atoms with Gasteiger partial charge in [-0.3, -0.25) is 0 Å². The van der Waals surface area contributed by atoms with Crippen LogP contribution in [0.2, 0.25) is 0 Å². The molecule has 0 aromatic heterocycles. The molecule has 18 heavy (non-hydrogen) atoms. The van der Waals surface area contributed by atoms with Gasteiger partial charge in [-0.2, -0.15) is 0 Å². The lowest BCUT2D eigenvalue weighted by Crippen LogP contribution is -2.31. The normalized spacial score (nSPS) is 20.7. The Bertz CT molecular complexity index is 397. The molecular weight excluding hydrogens is 294 g/mol. The Morgan fingerprint density at radius 2 is 2.39 bits per heavy atom. The average Bonchev–Trinajstić information content (AvgIpc) is 2.52. The molecule has 4 heteroatoms. The quantitative estimate of drug-likeness (QED) is 0.897. The Labute approximate surface area is 117 Å². The van der Waals surface area contributed by atoms with Gasteiger partial charge in [0.2, 0.25) is 0 Å². The topological polar surface area (TPSA) is 41.5 Å². The van der Waals surface area contributed by atoms with Gasteiger partial charge in [-0.25, -0.2) is 0 Å². The molecule has 0 amide bonds. The summed E-state index contributed by atoms with van der Waals surface area (Å²) < 4.78 is 6.83. The second kappa shape index (κ2) is 6.55. The summed E-state index contributed by atoms with van der Waals surface area (Å²) in [6, 6.07) is 6.84. The smallest absolute Gasteiger partial charge is 0.125 e. The summed E-state index contributed by atoms with van der Waals surface area (Å²) in [7, 11) is 0. The van der Waals surface area contributed by atoms with Crippen LogP contribution in [0.25, 0.3) is 0 Å². The molecule has 0 radical (unpaired) electrons. The number of hydrogen-bond donors (Lipinski definition) is 2. The summed E-state index contributed by atoms with van der Waals surface area (Å²) in [6.45, 7) is 3.11. The zero-order valence-corrected chi connectivity index (χ0v) is 12.2. The molecule has 100 valence electrons. The van der Waals surface area contributed by atoms with Gasteiger partial charge in [0.05, 0.1) is 6.61 Å². The van der Waals surface area contributed by atoms with Crippen LogP contribution in [0.5, 0.6) is 5.75 Å². The molecule has 0 fully saturated rings. The minimum absolute atomic E-state index is 0.227. The van der Waals surface area contributed by atoms with Crippen molar-refractivity contribution in [2.75, 3.05) is 13.2 Å². The van der Waals surface area contributed by atoms with E-state index in [0.717, 1.165) is 36.1 Å². The van der Waals surface area contributed by atoms with Crippen LogP contribution in [-0.4, -0.2) is 24.4 Å². The van der Waals surface area contributed by atoms with E-state index in [9.17, 15) is 0 Å². The van der Waals surface area contributed by atoms with Gasteiger partial charge in [-0.05, 0) is 38.3 Å². The van der Waals surface area contributed by atoms with Crippen LogP contribution in [0.1, 0.15) is 37.8 Å². The van der Waals surface area contributed by atoms with Crippen LogP contribution in [-0.2, 0) is 0 Å². The summed E-state index contributed by atoms with van der Waals surface area (Å²) in [5.41, 5.74) is 1.22. The standard InChI is InChI=1S/C14H20BrNO2/c1-10(6-7-17)16-13-3-2-8-18-14-9-11(15)4-5-12(13)14/h4-5,9-10,13,16-17H,2-3,6-8H2,1H3. The first-order chi connectivity index (χ1) is 8.70. The molecule has 0 spiro atoms. The predicted molar refractivity (Wildman–Crippen MR) is 75.9 cm³/mol. The number of fused-ring (bicyclic) bond motifs is 1. The fourth-order valence-electron chi connectivity index (χ4n) is 2.34. The molecule has 1 aromatic rings. The van der Waals surface area contributed by atoms with Crippen LogP contribution in [0.3, 0.4) is 0 Å². The van der Waals surface area contributed by atoms with E-state index in [1.165, 1.54) is 5.56 Å². The summed E-state index contributed by atoms with van der Waals surface area (Å²) in [5, 5.41) is 12.6. The van der Waals surface area contributed by atoms with Crippen molar-refractivity contribution >= 4 is 15.9 Å². The van der Waals surface area contributed by atoms with Crippen molar-refractivity contribution in [2.45, 2.75) is 38.3 Å². The monoisotopic (exact) mass is 313 g/mol. The number of rotatable bonds is 4. The van der Waals surface area contributed by atoms with Gasteiger partial charge < -0.3 is 15.2 Å². The fraction of sp³-hybridized carbons (Fsp3) is 0.571. The molecule has 1 aliphatic heterocycles. The lowest BCUT2D eigenvalue weighted by molar-refractivity contribution is 0.261. The molecule has 1 aliphatic rings. The van der Waals surface area contributed by atoms with Crippen molar-refractivity contribution in [3.05, 3.63) is 28.2 Å². The summed E-state index contributed by atoms with van der Waals surface area (Å²) in [4.78, 5) is 0. The maximum Gasteiger partial charge on any atom is 0.125 e. The van der Waals surface area contributed by atoms with Crippen LogP contribution in [0, 0.1) is 0 Å². The van der Waals surface area contributed by atoms with Gasteiger partial charge in [0.15, 0.2) is 0 Å². The van der Waals surface area contributed by atoms with Crippen molar-refractivity contribution in [2.24, 2.45) is 0 Å². The molecular formula is C14H20BrNO2. The highest BCUT2D eigenvalue weighted by atomic mass is 79.9. The van der Waals surface area contributed by atoms with Crippen molar-refractivity contribution < 1.29 is 9.84 Å². The minimum Gasteiger partial charge on any atom is -0.493 e. The third kappa shape index (κ3) is 3.46. The van der Waals surface area contributed by atoms with Gasteiger partial charge in [0, 0.05) is 28.7 Å². The van der Waals surface area contributed by atoms with Gasteiger partial charge in [0.1, 0.15) is 5.75 Å². The molecule has 0 bridgehead atoms. The molecule has 2 N–H and O–H groups in total. The summed E-state index contributed by atoms with van der Waals surface area (Å²) in [5.74, 6) is 0.968. The molecule has 0 saturated heterocycles. The van der Waals surface area contributed by atoms with Crippen molar-refractivity contribution in [1.29, 1.82) is 0 Å². The van der Waals surface area contributed by atoms with Crippen molar-refractivity contribution in [3.8, 4) is 5.75 Å². The van der Waals surface area contributed by atoms with E-state index in [2.05, 4.69) is 40.3 Å². The zero-order valence-electron chi connectivity index (χ0n) is 10.7. The highest BCUT2D eigenvalue weighted by molar-refractivity contribution is 9.10. The Balaban J connectivity index is 2.16. The highest BCUT2D eigenvalue weighted by Crippen LogP contribution is 2.33. The number of nitrogens with one attached hydrogen (secondary N) is 1. The van der Waals surface area contributed by atoms with Gasteiger partial charge in [-0.1, -0.05) is 22.0 Å². The summed E-state index contributed by atoms with van der Waals surface area (Å²) >= 11 is 3.48. The molecule has 1 heterocycles. The maximum atomic E-state index is 8.98. The van der Waals surface area contributed by atoms with Crippen LogP contribution < -0.4 is 10.1 Å². The first kappa shape index (κ1) is 13.8. The zero-order chi connectivity index (χ0) is 13.0. The number of aliphatic hydroxyl groups excluding tert-OH is 1. The lowest BCUT2D eigenvalue weighted by Gasteiger charge is -2.23. The number of aliphatic hydroxyl groups is 1. The Morgan fingerprint density at radius 1 is 1.56 bits per heavy atom. The van der Waals surface area contributed by atoms with Crippen LogP contribution in [0.15, 0.2) is 22.7 Å². The fourth-order valence-corrected chi connectivity index (χ4v) is 2.68. The molecule has 1 aromatic carbocycles. The van der Waals surface area contributed by atoms with Crippen LogP contribution in [0.4, 0.5) is 0 Å². The minimum atomic E-state index is 0.227. The Kier molecular flexibility index (Phi) is 5.03. The molecule has 0 aliphatic carbocycles. The van der Waals surface area contributed by atoms with Gasteiger partial charge in [0.25, 0.3) is 0 Å². The lowest BCUT2D eigenvalue weighted by atomic mass is 10.0. The second-order valence-electron chi connectivity index (χ2n) is 4.81. The average molecular weight is 314 g/mol. The third-order valence-corrected chi connectivity index (χ3v) is 3.79. The van der Waals surface area contributed by atoms with E-state index >= 15 is 0 Å². The van der Waals surface area contributed by atoms with E-state index in [1.807, 2.05) is 6.07 Å². The molecule has 2 atom stereocenters. The van der Waals surface area contributed by atoms with Gasteiger partial charge >= 0.3 is 0 Å². The molecule has 2 unspecified atom stereocenters. The van der Waals surface area contributed by atoms with E-state index in [1.54, 1.807) is 0 Å². The predicted octanol–water partition coefficient (Wildman–Crippen LogP) is 3.02. The first-order valence-electron chi connectivity index (χ1n) is 6.50. The number of benzene rings is 1. The van der Waals surface area contributed by atoms with Crippen molar-refractivity contribution in [1.82, 2.24) is 5.32 Å². The van der Waals surface area contributed by atoms with E-state index in [0.29, 0.717) is 12.1 Å². The first-order valence-corrected chi connectivity index (χ1v) is 7.29. The van der Waals surface area contributed by atoms with Gasteiger partial charge in [-0.15, -0.1) is 0 Å². The second-order valence-corrected chi connectivity index (χ2v) is 5.72. The molecule has 0 saturated carbocycles. The van der Waals surface area contributed by atoms with Crippen LogP contribution >= 0.6 is 15.9 Å². The summed E-state index contributed by atoms with van der Waals surface area (Å²) in [6.07, 6.45) is 2.91. The molecule has 3 nitrogen and oxygen atoms in total. The molecule has 2 rings (SSSR count). The van der Waals surface area contributed by atoms with E-state index < -0.39 is 0 Å².